The molecule has 4 rings (SSSR count). The van der Waals surface area contributed by atoms with E-state index in [1.165, 1.54) is 4.88 Å². The molecule has 4 aromatic rings. The lowest BCUT2D eigenvalue weighted by Crippen LogP contribution is -2.34. The van der Waals surface area contributed by atoms with E-state index in [0.29, 0.717) is 12.1 Å². The molecule has 146 valence electrons. The van der Waals surface area contributed by atoms with Gasteiger partial charge >= 0.3 is 0 Å². The number of amides is 1. The Morgan fingerprint density at radius 2 is 1.90 bits per heavy atom. The topological polar surface area (TPSA) is 58.1 Å². The molecule has 0 spiro atoms. The van der Waals surface area contributed by atoms with Gasteiger partial charge in [0.05, 0.1) is 22.8 Å². The van der Waals surface area contributed by atoms with Crippen molar-refractivity contribution < 1.29 is 4.79 Å². The summed E-state index contributed by atoms with van der Waals surface area (Å²) in [6.45, 7) is 0.535. The first-order valence-corrected chi connectivity index (χ1v) is 10.3. The smallest absolute Gasteiger partial charge is 0.252 e. The summed E-state index contributed by atoms with van der Waals surface area (Å²) in [5.74, 6) is -0.0951. The average molecular weight is 403 g/mol. The number of likely N-dealkylation sites (N-methyl/N-ethyl adjacent to an activating group) is 1. The zero-order chi connectivity index (χ0) is 20.2. The van der Waals surface area contributed by atoms with Gasteiger partial charge in [-0.25, -0.2) is 4.98 Å². The van der Waals surface area contributed by atoms with Crippen LogP contribution < -0.4 is 5.32 Å². The summed E-state index contributed by atoms with van der Waals surface area (Å²) in [7, 11) is 4.06. The summed E-state index contributed by atoms with van der Waals surface area (Å²) in [4.78, 5) is 25.3. The Bertz CT molecular complexity index is 1110. The third-order valence-corrected chi connectivity index (χ3v) is 5.86. The number of hydrogen-bond donors (Lipinski definition) is 1. The number of nitrogens with one attached hydrogen (secondary N) is 1. The lowest BCUT2D eigenvalue weighted by atomic mass is 10.0. The van der Waals surface area contributed by atoms with Crippen LogP contribution in [0.4, 0.5) is 0 Å². The minimum absolute atomic E-state index is 0.0951. The second kappa shape index (κ2) is 8.51. The van der Waals surface area contributed by atoms with Crippen LogP contribution in [0.15, 0.2) is 72.4 Å². The molecular formula is C23H22N4OS. The maximum absolute atomic E-state index is 13.2. The van der Waals surface area contributed by atoms with Gasteiger partial charge in [-0.15, -0.1) is 11.3 Å². The van der Waals surface area contributed by atoms with E-state index < -0.39 is 0 Å². The predicted octanol–water partition coefficient (Wildman–Crippen LogP) is 4.39. The molecule has 1 N–H and O–H groups in total. The molecule has 3 aromatic heterocycles. The molecule has 0 fully saturated rings. The Morgan fingerprint density at radius 3 is 2.62 bits per heavy atom. The SMILES string of the molecule is CN(C)C(CNC(=O)c1cc(-c2ccncc2)nc2ccccc12)c1cccs1. The third kappa shape index (κ3) is 4.18. The van der Waals surface area contributed by atoms with Crippen molar-refractivity contribution in [3.05, 3.63) is 82.8 Å². The number of carbonyl (C=O) groups is 1. The molecule has 1 aromatic carbocycles. The van der Waals surface area contributed by atoms with Crippen LogP contribution in [0.3, 0.4) is 0 Å². The highest BCUT2D eigenvalue weighted by molar-refractivity contribution is 7.10. The minimum atomic E-state index is -0.0951. The first-order chi connectivity index (χ1) is 14.1. The van der Waals surface area contributed by atoms with Crippen LogP contribution >= 0.6 is 11.3 Å². The molecule has 3 heterocycles. The third-order valence-electron chi connectivity index (χ3n) is 4.89. The molecule has 1 unspecified atom stereocenters. The number of carbonyl (C=O) groups excluding carboxylic acids is 1. The molecule has 0 aliphatic heterocycles. The molecule has 29 heavy (non-hydrogen) atoms. The van der Waals surface area contributed by atoms with Gasteiger partial charge in [0.2, 0.25) is 0 Å². The predicted molar refractivity (Wildman–Crippen MR) is 118 cm³/mol. The lowest BCUT2D eigenvalue weighted by Gasteiger charge is -2.23. The van der Waals surface area contributed by atoms with E-state index in [-0.39, 0.29) is 11.9 Å². The van der Waals surface area contributed by atoms with Crippen molar-refractivity contribution in [3.63, 3.8) is 0 Å². The van der Waals surface area contributed by atoms with Gasteiger partial charge in [-0.2, -0.15) is 0 Å². The molecule has 1 amide bonds. The lowest BCUT2D eigenvalue weighted by molar-refractivity contribution is 0.0944. The number of para-hydroxylation sites is 1. The van der Waals surface area contributed by atoms with Crippen LogP contribution in [-0.4, -0.2) is 41.4 Å². The van der Waals surface area contributed by atoms with Crippen LogP contribution in [0.25, 0.3) is 22.2 Å². The van der Waals surface area contributed by atoms with Crippen molar-refractivity contribution in [2.24, 2.45) is 0 Å². The molecule has 0 aliphatic rings. The number of benzene rings is 1. The second-order valence-electron chi connectivity index (χ2n) is 7.01. The molecule has 5 nitrogen and oxygen atoms in total. The van der Waals surface area contributed by atoms with E-state index in [0.717, 1.165) is 22.2 Å². The molecule has 0 aliphatic carbocycles. The van der Waals surface area contributed by atoms with E-state index in [9.17, 15) is 4.79 Å². The summed E-state index contributed by atoms with van der Waals surface area (Å²) in [5.41, 5.74) is 3.13. The van der Waals surface area contributed by atoms with Crippen molar-refractivity contribution in [1.29, 1.82) is 0 Å². The van der Waals surface area contributed by atoms with Crippen LogP contribution in [0.1, 0.15) is 21.3 Å². The van der Waals surface area contributed by atoms with E-state index in [1.54, 1.807) is 23.7 Å². The van der Waals surface area contributed by atoms with Gasteiger partial charge in [0.1, 0.15) is 0 Å². The van der Waals surface area contributed by atoms with Crippen LogP contribution in [0, 0.1) is 0 Å². The van der Waals surface area contributed by atoms with Gasteiger partial charge < -0.3 is 10.2 Å². The Kier molecular flexibility index (Phi) is 5.64. The highest BCUT2D eigenvalue weighted by Gasteiger charge is 2.19. The Morgan fingerprint density at radius 1 is 1.10 bits per heavy atom. The Labute approximate surface area is 174 Å². The Balaban J connectivity index is 1.66. The highest BCUT2D eigenvalue weighted by atomic mass is 32.1. The number of hydrogen-bond acceptors (Lipinski definition) is 5. The molecule has 6 heteroatoms. The first kappa shape index (κ1) is 19.2. The normalized spacial score (nSPS) is 12.2. The molecule has 0 saturated carbocycles. The summed E-state index contributed by atoms with van der Waals surface area (Å²) in [6.07, 6.45) is 3.46. The van der Waals surface area contributed by atoms with Crippen LogP contribution in [0.5, 0.6) is 0 Å². The maximum atomic E-state index is 13.2. The first-order valence-electron chi connectivity index (χ1n) is 9.41. The van der Waals surface area contributed by atoms with Crippen molar-refractivity contribution in [3.8, 4) is 11.3 Å². The summed E-state index contributed by atoms with van der Waals surface area (Å²) < 4.78 is 0. The van der Waals surface area contributed by atoms with E-state index in [1.807, 2.05) is 62.6 Å². The summed E-state index contributed by atoms with van der Waals surface area (Å²) >= 11 is 1.70. The maximum Gasteiger partial charge on any atom is 0.252 e. The fraction of sp³-hybridized carbons (Fsp3) is 0.174. The summed E-state index contributed by atoms with van der Waals surface area (Å²) in [5, 5.41) is 6.03. The largest absolute Gasteiger partial charge is 0.350 e. The fourth-order valence-corrected chi connectivity index (χ4v) is 4.26. The fourth-order valence-electron chi connectivity index (χ4n) is 3.34. The number of aromatic nitrogens is 2. The van der Waals surface area contributed by atoms with Gasteiger partial charge in [0, 0.05) is 34.8 Å². The van der Waals surface area contributed by atoms with Crippen LogP contribution in [0.2, 0.25) is 0 Å². The number of thiophene rings is 1. The average Bonchev–Trinajstić information content (AvgIpc) is 3.28. The molecule has 0 radical (unpaired) electrons. The van der Waals surface area contributed by atoms with Gasteiger partial charge in [0.25, 0.3) is 5.91 Å². The van der Waals surface area contributed by atoms with Gasteiger partial charge in [0.15, 0.2) is 0 Å². The zero-order valence-corrected chi connectivity index (χ0v) is 17.2. The Hall–Kier alpha value is -3.09. The number of fused-ring (bicyclic) bond motifs is 1. The second-order valence-corrected chi connectivity index (χ2v) is 7.99. The van der Waals surface area contributed by atoms with Gasteiger partial charge in [-0.3, -0.25) is 9.78 Å². The number of pyridine rings is 2. The number of nitrogens with zero attached hydrogens (tertiary/aromatic N) is 3. The monoisotopic (exact) mass is 402 g/mol. The highest BCUT2D eigenvalue weighted by Crippen LogP contribution is 2.26. The van der Waals surface area contributed by atoms with E-state index in [4.69, 9.17) is 4.98 Å². The summed E-state index contributed by atoms with van der Waals surface area (Å²) in [6, 6.07) is 17.7. The standard InChI is InChI=1S/C23H22N4OS/c1-27(2)21(22-8-5-13-29-22)15-25-23(28)18-14-20(16-9-11-24-12-10-16)26-19-7-4-3-6-17(18)19/h3-14,21H,15H2,1-2H3,(H,25,28). The van der Waals surface area contributed by atoms with Crippen LogP contribution in [-0.2, 0) is 0 Å². The van der Waals surface area contributed by atoms with Crippen molar-refractivity contribution in [2.75, 3.05) is 20.6 Å². The van der Waals surface area contributed by atoms with Crippen molar-refractivity contribution in [2.45, 2.75) is 6.04 Å². The molecule has 0 bridgehead atoms. The zero-order valence-electron chi connectivity index (χ0n) is 16.4. The molecular weight excluding hydrogens is 380 g/mol. The quantitative estimate of drug-likeness (QED) is 0.520. The van der Waals surface area contributed by atoms with Crippen molar-refractivity contribution in [1.82, 2.24) is 20.2 Å². The molecule has 0 saturated heterocycles. The van der Waals surface area contributed by atoms with Gasteiger partial charge in [-0.1, -0.05) is 24.3 Å². The van der Waals surface area contributed by atoms with E-state index >= 15 is 0 Å². The van der Waals surface area contributed by atoms with Gasteiger partial charge in [-0.05, 0) is 49.8 Å². The minimum Gasteiger partial charge on any atom is -0.350 e. The van der Waals surface area contributed by atoms with E-state index in [2.05, 4.69) is 26.6 Å². The van der Waals surface area contributed by atoms with Crippen molar-refractivity contribution >= 4 is 28.1 Å². The number of rotatable bonds is 6. The molecule has 1 atom stereocenters.